The minimum absolute atomic E-state index is 0.0902. The molecule has 1 amide bonds. The molecule has 0 bridgehead atoms. The van der Waals surface area contributed by atoms with Crippen LogP contribution in [0.25, 0.3) is 0 Å². The Morgan fingerprint density at radius 1 is 1.60 bits per heavy atom. The molecule has 6 heteroatoms. The van der Waals surface area contributed by atoms with Crippen molar-refractivity contribution in [3.63, 3.8) is 0 Å². The minimum atomic E-state index is -0.0902. The molecule has 1 heterocycles. The average Bonchev–Trinajstić information content (AvgIpc) is 2.60. The van der Waals surface area contributed by atoms with E-state index in [-0.39, 0.29) is 5.91 Å². The van der Waals surface area contributed by atoms with Gasteiger partial charge in [-0.1, -0.05) is 34.3 Å². The molecular weight excluding hydrogens is 278 g/mol. The number of hydrogen-bond donors (Lipinski definition) is 1. The molecule has 1 aromatic rings. The van der Waals surface area contributed by atoms with Crippen molar-refractivity contribution in [2.75, 3.05) is 6.54 Å². The third kappa shape index (κ3) is 3.53. The fourth-order valence-corrected chi connectivity index (χ4v) is 1.68. The van der Waals surface area contributed by atoms with Crippen LogP contribution in [-0.4, -0.2) is 26.9 Å². The second kappa shape index (κ2) is 5.55. The number of aryl methyl sites for hydroxylation is 1. The van der Waals surface area contributed by atoms with Crippen molar-refractivity contribution < 1.29 is 4.79 Å². The van der Waals surface area contributed by atoms with Gasteiger partial charge in [0.05, 0.1) is 5.69 Å². The first-order valence-corrected chi connectivity index (χ1v) is 6.42. The SMILES string of the molecule is Cc1nnsc1C(=O)NCC(Br)C(C)C. The Bertz CT molecular complexity index is 340. The van der Waals surface area contributed by atoms with Crippen LogP contribution in [0.5, 0.6) is 0 Å². The van der Waals surface area contributed by atoms with E-state index < -0.39 is 0 Å². The van der Waals surface area contributed by atoms with Crippen molar-refractivity contribution in [1.82, 2.24) is 14.9 Å². The lowest BCUT2D eigenvalue weighted by molar-refractivity contribution is 0.0956. The van der Waals surface area contributed by atoms with Gasteiger partial charge in [-0.25, -0.2) is 0 Å². The van der Waals surface area contributed by atoms with E-state index >= 15 is 0 Å². The van der Waals surface area contributed by atoms with Crippen LogP contribution in [0.15, 0.2) is 0 Å². The number of alkyl halides is 1. The Hall–Kier alpha value is -0.490. The fourth-order valence-electron chi connectivity index (χ4n) is 0.946. The van der Waals surface area contributed by atoms with E-state index in [1.54, 1.807) is 6.92 Å². The van der Waals surface area contributed by atoms with E-state index in [2.05, 4.69) is 44.7 Å². The predicted octanol–water partition coefficient (Wildman–Crippen LogP) is 2.00. The third-order valence-corrected chi connectivity index (χ3v) is 4.25. The molecule has 4 nitrogen and oxygen atoms in total. The molecule has 0 aliphatic carbocycles. The number of nitrogens with zero attached hydrogens (tertiary/aromatic N) is 2. The summed E-state index contributed by atoms with van der Waals surface area (Å²) in [5.74, 6) is 0.401. The van der Waals surface area contributed by atoms with Gasteiger partial charge in [0.25, 0.3) is 5.91 Å². The Labute approximate surface area is 102 Å². The number of carbonyl (C=O) groups is 1. The second-order valence-corrected chi connectivity index (χ2v) is 5.59. The third-order valence-electron chi connectivity index (χ3n) is 2.04. The highest BCUT2D eigenvalue weighted by atomic mass is 79.9. The predicted molar refractivity (Wildman–Crippen MR) is 64.5 cm³/mol. The highest BCUT2D eigenvalue weighted by Crippen LogP contribution is 2.12. The van der Waals surface area contributed by atoms with Gasteiger partial charge in [-0.3, -0.25) is 4.79 Å². The highest BCUT2D eigenvalue weighted by molar-refractivity contribution is 9.09. The summed E-state index contributed by atoms with van der Waals surface area (Å²) in [5.41, 5.74) is 0.688. The van der Waals surface area contributed by atoms with Gasteiger partial charge in [0.2, 0.25) is 0 Å². The zero-order chi connectivity index (χ0) is 11.4. The molecule has 1 N–H and O–H groups in total. The van der Waals surface area contributed by atoms with Gasteiger partial charge in [0.1, 0.15) is 4.88 Å². The van der Waals surface area contributed by atoms with Gasteiger partial charge < -0.3 is 5.32 Å². The molecule has 0 fully saturated rings. The topological polar surface area (TPSA) is 54.9 Å². The highest BCUT2D eigenvalue weighted by Gasteiger charge is 2.15. The number of halogens is 1. The number of rotatable bonds is 4. The van der Waals surface area contributed by atoms with Crippen LogP contribution in [0.4, 0.5) is 0 Å². The van der Waals surface area contributed by atoms with Crippen LogP contribution >= 0.6 is 27.5 Å². The van der Waals surface area contributed by atoms with Crippen molar-refractivity contribution in [3.05, 3.63) is 10.6 Å². The normalized spacial score (nSPS) is 12.9. The largest absolute Gasteiger partial charge is 0.350 e. The number of carbonyl (C=O) groups excluding carboxylic acids is 1. The fraction of sp³-hybridized carbons (Fsp3) is 0.667. The second-order valence-electron chi connectivity index (χ2n) is 3.66. The first kappa shape index (κ1) is 12.6. The molecule has 0 spiro atoms. The van der Waals surface area contributed by atoms with Crippen molar-refractivity contribution >= 4 is 33.4 Å². The monoisotopic (exact) mass is 291 g/mol. The van der Waals surface area contributed by atoms with Gasteiger partial charge in [0.15, 0.2) is 0 Å². The zero-order valence-corrected chi connectivity index (χ0v) is 11.4. The Kier molecular flexibility index (Phi) is 4.66. The molecule has 1 aromatic heterocycles. The maximum Gasteiger partial charge on any atom is 0.264 e. The minimum Gasteiger partial charge on any atom is -0.350 e. The molecule has 0 aliphatic rings. The van der Waals surface area contributed by atoms with E-state index in [1.807, 2.05) is 0 Å². The lowest BCUT2D eigenvalue weighted by Crippen LogP contribution is -2.31. The van der Waals surface area contributed by atoms with Crippen molar-refractivity contribution in [1.29, 1.82) is 0 Å². The van der Waals surface area contributed by atoms with E-state index in [1.165, 1.54) is 0 Å². The Morgan fingerprint density at radius 2 is 2.27 bits per heavy atom. The Morgan fingerprint density at radius 3 is 2.73 bits per heavy atom. The molecule has 0 saturated heterocycles. The molecule has 0 aromatic carbocycles. The zero-order valence-electron chi connectivity index (χ0n) is 8.95. The molecule has 1 atom stereocenters. The van der Waals surface area contributed by atoms with E-state index in [4.69, 9.17) is 0 Å². The summed E-state index contributed by atoms with van der Waals surface area (Å²) in [4.78, 5) is 12.5. The number of aromatic nitrogens is 2. The molecule has 0 radical (unpaired) electrons. The lowest BCUT2D eigenvalue weighted by atomic mass is 10.1. The van der Waals surface area contributed by atoms with Crippen molar-refractivity contribution in [3.8, 4) is 0 Å². The van der Waals surface area contributed by atoms with Crippen LogP contribution in [0, 0.1) is 12.8 Å². The summed E-state index contributed by atoms with van der Waals surface area (Å²) < 4.78 is 3.72. The summed E-state index contributed by atoms with van der Waals surface area (Å²) in [7, 11) is 0. The molecule has 0 aliphatic heterocycles. The number of hydrogen-bond acceptors (Lipinski definition) is 4. The van der Waals surface area contributed by atoms with Gasteiger partial charge in [0, 0.05) is 11.4 Å². The van der Waals surface area contributed by atoms with Crippen LogP contribution in [0.3, 0.4) is 0 Å². The van der Waals surface area contributed by atoms with Crippen molar-refractivity contribution in [2.45, 2.75) is 25.6 Å². The van der Waals surface area contributed by atoms with E-state index in [0.717, 1.165) is 11.5 Å². The number of nitrogens with one attached hydrogen (secondary N) is 1. The van der Waals surface area contributed by atoms with E-state index in [9.17, 15) is 4.79 Å². The standard InChI is InChI=1S/C9H14BrN3OS/c1-5(2)7(10)4-11-9(14)8-6(3)12-13-15-8/h5,7H,4H2,1-3H3,(H,11,14). The lowest BCUT2D eigenvalue weighted by Gasteiger charge is -2.13. The van der Waals surface area contributed by atoms with Crippen LogP contribution in [0.1, 0.15) is 29.2 Å². The van der Waals surface area contributed by atoms with Gasteiger partial charge in [-0.05, 0) is 24.4 Å². The molecule has 1 rings (SSSR count). The van der Waals surface area contributed by atoms with E-state index in [0.29, 0.717) is 27.9 Å². The smallest absolute Gasteiger partial charge is 0.264 e. The summed E-state index contributed by atoms with van der Waals surface area (Å²) in [5, 5.41) is 6.65. The molecule has 15 heavy (non-hydrogen) atoms. The van der Waals surface area contributed by atoms with Crippen LogP contribution < -0.4 is 5.32 Å². The molecular formula is C9H14BrN3OS. The van der Waals surface area contributed by atoms with Crippen molar-refractivity contribution in [2.24, 2.45) is 5.92 Å². The summed E-state index contributed by atoms with van der Waals surface area (Å²) in [6.45, 7) is 6.61. The first-order chi connectivity index (χ1) is 7.02. The summed E-state index contributed by atoms with van der Waals surface area (Å²) in [6.07, 6.45) is 0. The van der Waals surface area contributed by atoms with Gasteiger partial charge in [-0.15, -0.1) is 5.10 Å². The first-order valence-electron chi connectivity index (χ1n) is 4.73. The Balaban J connectivity index is 2.47. The average molecular weight is 292 g/mol. The summed E-state index contributed by atoms with van der Waals surface area (Å²) in [6, 6.07) is 0. The van der Waals surface area contributed by atoms with Crippen LogP contribution in [-0.2, 0) is 0 Å². The molecule has 84 valence electrons. The number of amides is 1. The maximum atomic E-state index is 11.7. The molecule has 0 saturated carbocycles. The van der Waals surface area contributed by atoms with Crippen LogP contribution in [0.2, 0.25) is 0 Å². The van der Waals surface area contributed by atoms with Gasteiger partial charge in [-0.2, -0.15) is 0 Å². The molecule has 1 unspecified atom stereocenters. The summed E-state index contributed by atoms with van der Waals surface area (Å²) >= 11 is 4.64. The maximum absolute atomic E-state index is 11.7. The van der Waals surface area contributed by atoms with Gasteiger partial charge >= 0.3 is 0 Å². The quantitative estimate of drug-likeness (QED) is 0.864.